The maximum absolute atomic E-state index is 12.0. The number of phenolic OH excluding ortho intramolecular Hbond substituents is 1. The van der Waals surface area contributed by atoms with Gasteiger partial charge in [0.15, 0.2) is 11.5 Å². The SMILES string of the molecule is COc1cc(/C=C(\NC(=O)c2ccccc2)C(=O)O)ccc1O. The van der Waals surface area contributed by atoms with Crippen LogP contribution < -0.4 is 10.1 Å². The number of aliphatic carboxylic acids is 1. The first-order chi connectivity index (χ1) is 11.0. The van der Waals surface area contributed by atoms with Gasteiger partial charge in [0.05, 0.1) is 7.11 Å². The van der Waals surface area contributed by atoms with Crippen LogP contribution in [0.2, 0.25) is 0 Å². The molecular formula is C17H15NO5. The second-order valence-corrected chi connectivity index (χ2v) is 4.61. The maximum atomic E-state index is 12.0. The summed E-state index contributed by atoms with van der Waals surface area (Å²) in [4.78, 5) is 23.4. The average molecular weight is 313 g/mol. The number of hydrogen-bond acceptors (Lipinski definition) is 4. The number of ether oxygens (including phenoxy) is 1. The molecule has 0 fully saturated rings. The van der Waals surface area contributed by atoms with Crippen molar-refractivity contribution in [3.8, 4) is 11.5 Å². The van der Waals surface area contributed by atoms with Crippen molar-refractivity contribution in [1.29, 1.82) is 0 Å². The van der Waals surface area contributed by atoms with Crippen molar-refractivity contribution < 1.29 is 24.5 Å². The Labute approximate surface area is 132 Å². The summed E-state index contributed by atoms with van der Waals surface area (Å²) < 4.78 is 4.96. The Bertz CT molecular complexity index is 753. The molecule has 0 atom stereocenters. The van der Waals surface area contributed by atoms with Crippen LogP contribution in [0.4, 0.5) is 0 Å². The van der Waals surface area contributed by atoms with Gasteiger partial charge in [-0.25, -0.2) is 4.79 Å². The molecule has 2 aromatic rings. The van der Waals surface area contributed by atoms with Gasteiger partial charge in [-0.05, 0) is 35.9 Å². The first-order valence-corrected chi connectivity index (χ1v) is 6.69. The molecule has 0 unspecified atom stereocenters. The average Bonchev–Trinajstić information content (AvgIpc) is 2.56. The molecule has 6 nitrogen and oxygen atoms in total. The zero-order valence-corrected chi connectivity index (χ0v) is 12.3. The van der Waals surface area contributed by atoms with Crippen molar-refractivity contribution in [3.05, 3.63) is 65.4 Å². The molecule has 0 aliphatic rings. The highest BCUT2D eigenvalue weighted by atomic mass is 16.5. The lowest BCUT2D eigenvalue weighted by Gasteiger charge is -2.07. The van der Waals surface area contributed by atoms with Gasteiger partial charge in [0.25, 0.3) is 5.91 Å². The lowest BCUT2D eigenvalue weighted by molar-refractivity contribution is -0.132. The summed E-state index contributed by atoms with van der Waals surface area (Å²) in [6.45, 7) is 0. The van der Waals surface area contributed by atoms with E-state index in [0.717, 1.165) is 0 Å². The molecule has 0 radical (unpaired) electrons. The minimum atomic E-state index is -1.28. The lowest BCUT2D eigenvalue weighted by atomic mass is 10.1. The molecule has 6 heteroatoms. The van der Waals surface area contributed by atoms with Crippen molar-refractivity contribution in [2.75, 3.05) is 7.11 Å². The van der Waals surface area contributed by atoms with Gasteiger partial charge >= 0.3 is 5.97 Å². The number of amides is 1. The Balaban J connectivity index is 2.28. The summed E-state index contributed by atoms with van der Waals surface area (Å²) in [7, 11) is 1.39. The largest absolute Gasteiger partial charge is 0.504 e. The van der Waals surface area contributed by atoms with E-state index in [1.807, 2.05) is 0 Å². The van der Waals surface area contributed by atoms with Crippen molar-refractivity contribution in [3.63, 3.8) is 0 Å². The van der Waals surface area contributed by atoms with Crippen molar-refractivity contribution in [1.82, 2.24) is 5.32 Å². The van der Waals surface area contributed by atoms with Gasteiger partial charge in [0.2, 0.25) is 0 Å². The molecule has 0 bridgehead atoms. The fraction of sp³-hybridized carbons (Fsp3) is 0.0588. The zero-order valence-electron chi connectivity index (χ0n) is 12.3. The third-order valence-electron chi connectivity index (χ3n) is 3.03. The Hall–Kier alpha value is -3.28. The fourth-order valence-electron chi connectivity index (χ4n) is 1.89. The number of carbonyl (C=O) groups is 2. The third kappa shape index (κ3) is 4.10. The van der Waals surface area contributed by atoms with E-state index in [0.29, 0.717) is 11.1 Å². The van der Waals surface area contributed by atoms with E-state index >= 15 is 0 Å². The van der Waals surface area contributed by atoms with Gasteiger partial charge in [-0.2, -0.15) is 0 Å². The molecule has 0 heterocycles. The van der Waals surface area contributed by atoms with E-state index in [4.69, 9.17) is 4.74 Å². The molecule has 118 valence electrons. The quantitative estimate of drug-likeness (QED) is 0.736. The van der Waals surface area contributed by atoms with Crippen LogP contribution in [0.25, 0.3) is 6.08 Å². The minimum absolute atomic E-state index is 0.0603. The maximum Gasteiger partial charge on any atom is 0.352 e. The summed E-state index contributed by atoms with van der Waals surface area (Å²) in [5, 5.41) is 21.1. The Morgan fingerprint density at radius 3 is 2.43 bits per heavy atom. The monoisotopic (exact) mass is 313 g/mol. The minimum Gasteiger partial charge on any atom is -0.504 e. The normalized spacial score (nSPS) is 10.9. The molecule has 0 saturated carbocycles. The van der Waals surface area contributed by atoms with Gasteiger partial charge in [0, 0.05) is 5.56 Å². The summed E-state index contributed by atoms with van der Waals surface area (Å²) in [5.41, 5.74) is 0.528. The van der Waals surface area contributed by atoms with E-state index < -0.39 is 11.9 Å². The second kappa shape index (κ2) is 7.13. The van der Waals surface area contributed by atoms with Crippen LogP contribution >= 0.6 is 0 Å². The van der Waals surface area contributed by atoms with Gasteiger partial charge < -0.3 is 20.3 Å². The summed E-state index contributed by atoms with van der Waals surface area (Å²) in [5.74, 6) is -1.65. The second-order valence-electron chi connectivity index (χ2n) is 4.61. The van der Waals surface area contributed by atoms with Gasteiger partial charge in [-0.15, -0.1) is 0 Å². The number of carboxylic acid groups (broad SMARTS) is 1. The molecule has 0 aliphatic carbocycles. The van der Waals surface area contributed by atoms with Crippen LogP contribution in [-0.4, -0.2) is 29.2 Å². The molecule has 0 saturated heterocycles. The molecule has 0 spiro atoms. The molecular weight excluding hydrogens is 298 g/mol. The van der Waals surface area contributed by atoms with Crippen LogP contribution in [0.15, 0.2) is 54.2 Å². The van der Waals surface area contributed by atoms with Crippen LogP contribution in [0.3, 0.4) is 0 Å². The molecule has 2 rings (SSSR count). The highest BCUT2D eigenvalue weighted by Crippen LogP contribution is 2.27. The summed E-state index contributed by atoms with van der Waals surface area (Å²) in [6, 6.07) is 12.6. The first kappa shape index (κ1) is 16.1. The molecule has 3 N–H and O–H groups in total. The topological polar surface area (TPSA) is 95.9 Å². The standard InChI is InChI=1S/C17H15NO5/c1-23-15-10-11(7-8-14(15)19)9-13(17(21)22)18-16(20)12-5-3-2-4-6-12/h2-10,19H,1H3,(H,18,20)(H,21,22)/b13-9-. The lowest BCUT2D eigenvalue weighted by Crippen LogP contribution is -2.27. The number of nitrogens with one attached hydrogen (secondary N) is 1. The molecule has 23 heavy (non-hydrogen) atoms. The fourth-order valence-corrected chi connectivity index (χ4v) is 1.89. The number of carbonyl (C=O) groups excluding carboxylic acids is 1. The zero-order chi connectivity index (χ0) is 16.8. The van der Waals surface area contributed by atoms with Gasteiger partial charge in [-0.1, -0.05) is 24.3 Å². The van der Waals surface area contributed by atoms with Crippen molar-refractivity contribution in [2.45, 2.75) is 0 Å². The highest BCUT2D eigenvalue weighted by Gasteiger charge is 2.13. The predicted molar refractivity (Wildman–Crippen MR) is 84.2 cm³/mol. The van der Waals surface area contributed by atoms with Gasteiger partial charge in [0.1, 0.15) is 5.70 Å². The van der Waals surface area contributed by atoms with Gasteiger partial charge in [-0.3, -0.25) is 4.79 Å². The number of carboxylic acids is 1. The van der Waals surface area contributed by atoms with E-state index in [2.05, 4.69) is 5.32 Å². The van der Waals surface area contributed by atoms with Crippen LogP contribution in [0, 0.1) is 0 Å². The summed E-state index contributed by atoms with van der Waals surface area (Å²) in [6.07, 6.45) is 1.28. The van der Waals surface area contributed by atoms with E-state index in [1.165, 1.54) is 31.4 Å². The number of rotatable bonds is 5. The predicted octanol–water partition coefficient (Wildman–Crippen LogP) is 2.26. The number of hydrogen-bond donors (Lipinski definition) is 3. The third-order valence-corrected chi connectivity index (χ3v) is 3.03. The van der Waals surface area contributed by atoms with E-state index in [9.17, 15) is 19.8 Å². The van der Waals surface area contributed by atoms with Crippen LogP contribution in [0.5, 0.6) is 11.5 Å². The molecule has 0 aromatic heterocycles. The van der Waals surface area contributed by atoms with Crippen molar-refractivity contribution >= 4 is 18.0 Å². The molecule has 1 amide bonds. The first-order valence-electron chi connectivity index (χ1n) is 6.69. The molecule has 0 aliphatic heterocycles. The van der Waals surface area contributed by atoms with E-state index in [-0.39, 0.29) is 17.2 Å². The Morgan fingerprint density at radius 2 is 1.83 bits per heavy atom. The number of benzene rings is 2. The Kier molecular flexibility index (Phi) is 4.99. The van der Waals surface area contributed by atoms with Crippen molar-refractivity contribution in [2.24, 2.45) is 0 Å². The number of aromatic hydroxyl groups is 1. The number of phenols is 1. The molecule has 2 aromatic carbocycles. The number of methoxy groups -OCH3 is 1. The highest BCUT2D eigenvalue weighted by molar-refractivity contribution is 6.02. The van der Waals surface area contributed by atoms with E-state index in [1.54, 1.807) is 30.3 Å². The smallest absolute Gasteiger partial charge is 0.352 e. The van der Waals surface area contributed by atoms with Crippen LogP contribution in [0.1, 0.15) is 15.9 Å². The van der Waals surface area contributed by atoms with Crippen LogP contribution in [-0.2, 0) is 4.79 Å². The summed E-state index contributed by atoms with van der Waals surface area (Å²) >= 11 is 0. The Morgan fingerprint density at radius 1 is 1.13 bits per heavy atom.